The minimum absolute atomic E-state index is 0.198. The molecular formula is C40H13F15N8. The standard InChI is InChI=1S/C40H13F15N8/c1-57-63-36-34-32(59-27(15-2-6-23(41)19(10-15)37(45)46)28(61-34)16-3-7-24(42)20(11-16)38(47,48)49)31(58-14-56)33-35(36)62-30(18-5-9-26(44)22(13-18)40(53,54)55)29(60-33)17-4-8-25(43)21(12-17)39(50,51)52/h2-13,37H/b58-31?,63-36+. The summed E-state index contributed by atoms with van der Waals surface area (Å²) in [4.78, 5) is 23.7. The lowest BCUT2D eigenvalue weighted by Crippen LogP contribution is -2.29. The number of benzene rings is 4. The van der Waals surface area contributed by atoms with E-state index < -0.39 is 150 Å². The zero-order valence-corrected chi connectivity index (χ0v) is 30.3. The third-order valence-corrected chi connectivity index (χ3v) is 9.14. The molecule has 2 heterocycles. The molecule has 0 saturated carbocycles. The lowest BCUT2D eigenvalue weighted by atomic mass is 9.92. The van der Waals surface area contributed by atoms with Crippen molar-refractivity contribution in [2.75, 3.05) is 0 Å². The van der Waals surface area contributed by atoms with Gasteiger partial charge in [-0.15, -0.1) is 4.95 Å². The fraction of sp³-hybridized carbons (Fsp3) is 0.100. The first-order valence-corrected chi connectivity index (χ1v) is 17.0. The zero-order chi connectivity index (χ0) is 45.9. The average Bonchev–Trinajstić information content (AvgIpc) is 3.20. The lowest BCUT2D eigenvalue weighted by Gasteiger charge is -2.23. The van der Waals surface area contributed by atoms with E-state index in [9.17, 15) is 71.1 Å². The van der Waals surface area contributed by atoms with Crippen LogP contribution in [-0.4, -0.2) is 31.4 Å². The first-order chi connectivity index (χ1) is 29.5. The van der Waals surface area contributed by atoms with Gasteiger partial charge >= 0.3 is 18.5 Å². The average molecular weight is 891 g/mol. The van der Waals surface area contributed by atoms with Gasteiger partial charge in [-0.1, -0.05) is 0 Å². The van der Waals surface area contributed by atoms with Crippen LogP contribution in [0.1, 0.15) is 51.5 Å². The summed E-state index contributed by atoms with van der Waals surface area (Å²) in [5.41, 5.74) is -16.8. The van der Waals surface area contributed by atoms with Crippen LogP contribution in [0.4, 0.5) is 65.9 Å². The molecule has 0 amide bonds. The maximum absolute atomic E-state index is 14.5. The molecule has 0 fully saturated rings. The molecule has 7 rings (SSSR count). The van der Waals surface area contributed by atoms with Crippen molar-refractivity contribution >= 4 is 11.4 Å². The highest BCUT2D eigenvalue weighted by Gasteiger charge is 2.41. The summed E-state index contributed by atoms with van der Waals surface area (Å²) in [7, 11) is 0. The van der Waals surface area contributed by atoms with Gasteiger partial charge in [0.15, 0.2) is 0 Å². The molecule has 23 heteroatoms. The van der Waals surface area contributed by atoms with E-state index in [4.69, 9.17) is 6.57 Å². The highest BCUT2D eigenvalue weighted by atomic mass is 19.4. The second-order valence-electron chi connectivity index (χ2n) is 13.0. The Bertz CT molecular complexity index is 3030. The third-order valence-electron chi connectivity index (χ3n) is 9.14. The van der Waals surface area contributed by atoms with E-state index in [1.54, 1.807) is 0 Å². The predicted octanol–water partition coefficient (Wildman–Crippen LogP) is 11.8. The molecule has 4 aromatic carbocycles. The molecule has 0 atom stereocenters. The molecule has 8 nitrogen and oxygen atoms in total. The SMILES string of the molecule is [C-]#[N+]/N=C1\c2nc(-c3ccc(F)c(C(F)(F)F)c3)c(-c3ccc(F)c(C(F)F)c3)nc2C(=NC#N)c2nc(-c3ccc(F)c(C(F)(F)F)c3)c(-c3ccc(F)c(C(F)(F)F)c3)nc21. The van der Waals surface area contributed by atoms with Crippen LogP contribution in [0.2, 0.25) is 0 Å². The number of nitriles is 1. The first-order valence-electron chi connectivity index (χ1n) is 17.0. The van der Waals surface area contributed by atoms with Gasteiger partial charge in [0.05, 0.1) is 50.1 Å². The zero-order valence-electron chi connectivity index (χ0n) is 30.3. The predicted molar refractivity (Wildman–Crippen MR) is 189 cm³/mol. The van der Waals surface area contributed by atoms with Gasteiger partial charge in [0.1, 0.15) is 51.8 Å². The molecule has 0 unspecified atom stereocenters. The van der Waals surface area contributed by atoms with Gasteiger partial charge in [-0.3, -0.25) is 0 Å². The summed E-state index contributed by atoms with van der Waals surface area (Å²) in [5, 5.41) is 13.5. The number of fused-ring (bicyclic) bond motifs is 2. The number of hydrogen-bond acceptors (Lipinski definition) is 7. The Hall–Kier alpha value is -7.69. The van der Waals surface area contributed by atoms with Crippen LogP contribution in [-0.2, 0) is 18.5 Å². The lowest BCUT2D eigenvalue weighted by molar-refractivity contribution is -0.140. The second kappa shape index (κ2) is 15.6. The van der Waals surface area contributed by atoms with E-state index in [1.165, 1.54) is 6.19 Å². The van der Waals surface area contributed by atoms with E-state index in [0.717, 1.165) is 12.1 Å². The van der Waals surface area contributed by atoms with Gasteiger partial charge in [0.2, 0.25) is 11.9 Å². The Morgan fingerprint density at radius 3 is 1.11 bits per heavy atom. The summed E-state index contributed by atoms with van der Waals surface area (Å²) in [6, 6.07) is 5.75. The molecule has 2 aromatic heterocycles. The number of alkyl halides is 11. The molecule has 1 aliphatic rings. The quantitative estimate of drug-likeness (QED) is 0.0741. The molecule has 0 saturated heterocycles. The van der Waals surface area contributed by atoms with E-state index in [-0.39, 0.29) is 18.2 Å². The van der Waals surface area contributed by atoms with Crippen LogP contribution in [0.3, 0.4) is 0 Å². The number of aliphatic imine (C=N–C) groups is 1. The fourth-order valence-electron chi connectivity index (χ4n) is 6.39. The summed E-state index contributed by atoms with van der Waals surface area (Å²) < 4.78 is 212. The molecule has 318 valence electrons. The Kier molecular flexibility index (Phi) is 10.8. The molecule has 0 spiro atoms. The highest BCUT2D eigenvalue weighted by Crippen LogP contribution is 2.43. The van der Waals surface area contributed by atoms with Crippen LogP contribution in [0.5, 0.6) is 0 Å². The minimum Gasteiger partial charge on any atom is -0.241 e. The second-order valence-corrected chi connectivity index (χ2v) is 13.0. The summed E-state index contributed by atoms with van der Waals surface area (Å²) in [6.45, 7) is 7.55. The highest BCUT2D eigenvalue weighted by molar-refractivity contribution is 6.29. The largest absolute Gasteiger partial charge is 0.419 e. The van der Waals surface area contributed by atoms with Crippen molar-refractivity contribution in [3.8, 4) is 51.2 Å². The number of nitrogens with zero attached hydrogens (tertiary/aromatic N) is 8. The van der Waals surface area contributed by atoms with Crippen molar-refractivity contribution in [3.63, 3.8) is 0 Å². The van der Waals surface area contributed by atoms with Crippen molar-refractivity contribution in [1.82, 2.24) is 19.9 Å². The molecule has 0 bridgehead atoms. The van der Waals surface area contributed by atoms with E-state index in [1.807, 2.05) is 0 Å². The Labute approximate surface area is 341 Å². The van der Waals surface area contributed by atoms with Crippen LogP contribution < -0.4 is 0 Å². The molecule has 0 radical (unpaired) electrons. The number of hydrogen-bond donors (Lipinski definition) is 0. The Morgan fingerprint density at radius 1 is 0.492 bits per heavy atom. The number of aromatic nitrogens is 4. The van der Waals surface area contributed by atoms with Gasteiger partial charge in [-0.25, -0.2) is 46.3 Å². The molecule has 1 aliphatic carbocycles. The summed E-state index contributed by atoms with van der Waals surface area (Å²) in [5.74, 6) is -6.82. The van der Waals surface area contributed by atoms with Crippen molar-refractivity contribution in [3.05, 3.63) is 153 Å². The van der Waals surface area contributed by atoms with E-state index in [2.05, 4.69) is 35.0 Å². The summed E-state index contributed by atoms with van der Waals surface area (Å²) >= 11 is 0. The van der Waals surface area contributed by atoms with Crippen molar-refractivity contribution in [1.29, 1.82) is 5.26 Å². The summed E-state index contributed by atoms with van der Waals surface area (Å²) in [6.07, 6.45) is -18.2. The van der Waals surface area contributed by atoms with Gasteiger partial charge in [0.25, 0.3) is 6.43 Å². The van der Waals surface area contributed by atoms with Gasteiger partial charge in [-0.05, 0) is 72.8 Å². The van der Waals surface area contributed by atoms with Gasteiger partial charge in [0, 0.05) is 22.3 Å². The fourth-order valence-corrected chi connectivity index (χ4v) is 6.39. The van der Waals surface area contributed by atoms with E-state index in [0.29, 0.717) is 42.5 Å². The maximum Gasteiger partial charge on any atom is 0.419 e. The van der Waals surface area contributed by atoms with Crippen molar-refractivity contribution in [2.45, 2.75) is 25.0 Å². The van der Waals surface area contributed by atoms with Gasteiger partial charge in [-0.2, -0.15) is 56.3 Å². The monoisotopic (exact) mass is 890 g/mol. The third kappa shape index (κ3) is 8.00. The van der Waals surface area contributed by atoms with Crippen molar-refractivity contribution in [2.24, 2.45) is 10.1 Å². The Balaban J connectivity index is 1.62. The topological polar surface area (TPSA) is 104 Å². The molecular weight excluding hydrogens is 877 g/mol. The van der Waals surface area contributed by atoms with Crippen LogP contribution in [0.25, 0.3) is 50.0 Å². The molecule has 0 aliphatic heterocycles. The van der Waals surface area contributed by atoms with Crippen LogP contribution in [0, 0.1) is 41.3 Å². The van der Waals surface area contributed by atoms with E-state index >= 15 is 0 Å². The Morgan fingerprint density at radius 2 is 0.810 bits per heavy atom. The van der Waals surface area contributed by atoms with Crippen LogP contribution in [0.15, 0.2) is 82.9 Å². The molecule has 6 aromatic rings. The first kappa shape index (κ1) is 43.4. The number of rotatable bonds is 5. The molecule has 63 heavy (non-hydrogen) atoms. The molecule has 0 N–H and O–H groups in total. The van der Waals surface area contributed by atoms with Crippen LogP contribution >= 0.6 is 0 Å². The number of halogens is 15. The normalized spacial score (nSPS) is 14.1. The van der Waals surface area contributed by atoms with Gasteiger partial charge < -0.3 is 0 Å². The minimum atomic E-state index is -5.37. The smallest absolute Gasteiger partial charge is 0.241 e. The van der Waals surface area contributed by atoms with Crippen molar-refractivity contribution < 1.29 is 65.9 Å². The maximum atomic E-state index is 14.5.